The van der Waals surface area contributed by atoms with Gasteiger partial charge in [0.25, 0.3) is 0 Å². The van der Waals surface area contributed by atoms with Crippen LogP contribution < -0.4 is 29.6 Å². The summed E-state index contributed by atoms with van der Waals surface area (Å²) in [5, 5.41) is 18.8. The second-order valence-corrected chi connectivity index (χ2v) is 36.8. The van der Waals surface area contributed by atoms with Crippen molar-refractivity contribution in [1.82, 2.24) is 15.0 Å². The summed E-state index contributed by atoms with van der Waals surface area (Å²) in [7, 11) is 1.63. The Kier molecular flexibility index (Phi) is 42.2. The third-order valence-electron chi connectivity index (χ3n) is 20.3. The minimum atomic E-state index is -1.15. The molecule has 8 atom stereocenters. The van der Waals surface area contributed by atoms with E-state index in [-0.39, 0.29) is 79.9 Å². The minimum absolute atomic E-state index is 0. The summed E-state index contributed by atoms with van der Waals surface area (Å²) in [5.41, 5.74) is 4.78. The predicted octanol–water partition coefficient (Wildman–Crippen LogP) is 17.3. The number of methoxy groups -OCH3 is 1. The SMILES string of the molecule is CC(C)(C)OC(=O)C(C)(C)OCC1CCCC(O)C1.COCOC1CCCC(COCC(=O)OC(C)(C)C)C1.Cc1ccc(-c2nc(CI)c(C)o2)cc1.Cc1ccc(-c2nc(COC3CCCC(COC(C)(C)C(=O)O)C3)c(C)o2)cc1.Cc1ccc(-c2nc(COC3CCCC(COC(C)(C)C(=O)OC(C)(C)C)C3)c(C)o2)cc1.[H-].[Na+]. The zero-order valence-electron chi connectivity index (χ0n) is 75.7. The molecule has 0 spiro atoms. The van der Waals surface area contributed by atoms with Gasteiger partial charge in [-0.05, 0) is 283 Å². The normalized spacial score (nSPS) is 19.9. The van der Waals surface area contributed by atoms with Crippen molar-refractivity contribution in [3.63, 3.8) is 0 Å². The van der Waals surface area contributed by atoms with Gasteiger partial charge >= 0.3 is 53.4 Å². The summed E-state index contributed by atoms with van der Waals surface area (Å²) >= 11 is 2.29. The Morgan fingerprint density at radius 3 is 1.10 bits per heavy atom. The summed E-state index contributed by atoms with van der Waals surface area (Å²) in [5.74, 6) is 4.00. The standard InChI is InChI=1S/C27H39NO5.C23H31NO5.C15H28O5.C15H28O4.C12H12INO.Na.H/c1-18-11-13-21(14-12-18)24-28-23(19(2)32-24)17-30-22-10-8-9-20(15-22)16-31-27(6,7)25(29)33-26(3,4)5;1-15-8-10-18(11-9-15)21-24-20(16(2)29-21)14-27-19-7-5-6-17(12-19)13-28-23(3,4)22(25)26;1-15(2,3)20-14(16)10-18-9-12-6-5-7-13(8-12)19-11-17-4;1-14(2,3)19-13(17)15(4,5)18-10-11-7-6-8-12(16)9-11;1-8-3-5-10(6-4-8)12-14-11(7-13)9(2)15-12;;/h11-14,20,22H,8-10,15-17H2,1-7H3;8-11,17,19H,5-7,12-14H2,1-4H3,(H,25,26);12-13H,5-11H2,1-4H3;11-12,16H,6-10H2,1-5H3;3-6H,7H2,1-2H3;;/q;;;;;+1;-1. The molecule has 6 aromatic rings. The fraction of sp³-hybridized carbons (Fsp3) is 0.663. The molecule has 650 valence electrons. The Labute approximate surface area is 734 Å². The molecule has 25 heteroatoms. The molecule has 0 aliphatic heterocycles. The average Bonchev–Trinajstić information content (AvgIpc) is 1.66. The van der Waals surface area contributed by atoms with Crippen molar-refractivity contribution in [2.75, 3.05) is 46.9 Å². The molecule has 3 aromatic carbocycles. The first-order chi connectivity index (χ1) is 54.4. The summed E-state index contributed by atoms with van der Waals surface area (Å²) in [6.45, 7) is 42.1. The number of hydrogen-bond acceptors (Lipinski definition) is 22. The van der Waals surface area contributed by atoms with Gasteiger partial charge in [-0.3, -0.25) is 0 Å². The molecule has 0 amide bonds. The van der Waals surface area contributed by atoms with Crippen LogP contribution >= 0.6 is 22.6 Å². The van der Waals surface area contributed by atoms with E-state index in [4.69, 9.17) is 65.4 Å². The summed E-state index contributed by atoms with van der Waals surface area (Å²) in [6.07, 6.45) is 16.4. The summed E-state index contributed by atoms with van der Waals surface area (Å²) in [4.78, 5) is 60.9. The molecule has 2 N–H and O–H groups in total. The number of aliphatic hydroxyl groups is 1. The number of carbonyl (C=O) groups excluding carboxylic acids is 3. The molecule has 0 radical (unpaired) electrons. The van der Waals surface area contributed by atoms with Gasteiger partial charge < -0.3 is 77.0 Å². The molecule has 0 saturated heterocycles. The van der Waals surface area contributed by atoms with Gasteiger partial charge in [0, 0.05) is 28.2 Å². The van der Waals surface area contributed by atoms with E-state index < -0.39 is 39.6 Å². The van der Waals surface area contributed by atoms with E-state index in [0.29, 0.717) is 81.9 Å². The maximum absolute atomic E-state index is 12.4. The third kappa shape index (κ3) is 37.8. The van der Waals surface area contributed by atoms with E-state index in [1.807, 2.05) is 132 Å². The van der Waals surface area contributed by atoms with E-state index in [2.05, 4.69) is 82.6 Å². The number of oxazole rings is 3. The monoisotopic (exact) mass is 1760 g/mol. The van der Waals surface area contributed by atoms with Crippen LogP contribution in [0.2, 0.25) is 0 Å². The van der Waals surface area contributed by atoms with Crippen LogP contribution in [0.3, 0.4) is 0 Å². The van der Waals surface area contributed by atoms with Crippen LogP contribution in [0, 0.1) is 65.2 Å². The van der Waals surface area contributed by atoms with Gasteiger partial charge in [0.15, 0.2) is 16.8 Å². The van der Waals surface area contributed by atoms with Crippen LogP contribution in [0.25, 0.3) is 34.4 Å². The number of esters is 3. The van der Waals surface area contributed by atoms with Gasteiger partial charge in [-0.15, -0.1) is 0 Å². The first-order valence-electron chi connectivity index (χ1n) is 41.5. The topological polar surface area (TPSA) is 288 Å². The smallest absolute Gasteiger partial charge is 1.00 e. The number of hydrogen-bond donors (Lipinski definition) is 2. The Hall–Kier alpha value is -5.46. The summed E-state index contributed by atoms with van der Waals surface area (Å²) in [6, 6.07) is 24.5. The molecular weight excluding hydrogens is 1620 g/mol. The Morgan fingerprint density at radius 1 is 0.444 bits per heavy atom. The second-order valence-electron chi connectivity index (χ2n) is 36.0. The number of carboxylic acid groups (broad SMARTS) is 1. The number of carboxylic acids is 1. The third-order valence-corrected chi connectivity index (χ3v) is 21.0. The first-order valence-corrected chi connectivity index (χ1v) is 43.0. The molecule has 23 nitrogen and oxygen atoms in total. The maximum Gasteiger partial charge on any atom is 1.00 e. The fourth-order valence-corrected chi connectivity index (χ4v) is 14.1. The van der Waals surface area contributed by atoms with Crippen molar-refractivity contribution in [3.8, 4) is 34.4 Å². The van der Waals surface area contributed by atoms with Crippen molar-refractivity contribution in [2.24, 2.45) is 23.7 Å². The van der Waals surface area contributed by atoms with Gasteiger partial charge in [-0.2, -0.15) is 0 Å². The summed E-state index contributed by atoms with van der Waals surface area (Å²) < 4.78 is 80.0. The average molecular weight is 1760 g/mol. The Morgan fingerprint density at radius 2 is 0.769 bits per heavy atom. The second kappa shape index (κ2) is 48.4. The number of aryl methyl sites for hydroxylation is 6. The number of aromatic nitrogens is 3. The number of nitrogens with zero attached hydrogens (tertiary/aromatic N) is 3. The van der Waals surface area contributed by atoms with Crippen molar-refractivity contribution >= 4 is 46.5 Å². The van der Waals surface area contributed by atoms with E-state index in [1.54, 1.807) is 48.7 Å². The quantitative estimate of drug-likeness (QED) is 0.0110. The number of aliphatic carboxylic acids is 1. The largest absolute Gasteiger partial charge is 1.00 e. The van der Waals surface area contributed by atoms with E-state index >= 15 is 0 Å². The predicted molar refractivity (Wildman–Crippen MR) is 457 cm³/mol. The number of carbonyl (C=O) groups is 4. The van der Waals surface area contributed by atoms with Crippen LogP contribution in [-0.4, -0.2) is 154 Å². The molecule has 10 rings (SSSR count). The molecule has 3 aromatic heterocycles. The Balaban J connectivity index is 0.000000317. The van der Waals surface area contributed by atoms with E-state index in [9.17, 15) is 29.4 Å². The minimum Gasteiger partial charge on any atom is -1.00 e. The van der Waals surface area contributed by atoms with Crippen molar-refractivity contribution in [2.45, 2.75) is 324 Å². The van der Waals surface area contributed by atoms with Gasteiger partial charge in [0.1, 0.15) is 58.9 Å². The zero-order valence-corrected chi connectivity index (χ0v) is 78.8. The fourth-order valence-electron chi connectivity index (χ4n) is 13.4. The van der Waals surface area contributed by atoms with Crippen LogP contribution in [-0.2, 0) is 88.9 Å². The molecule has 4 saturated carbocycles. The van der Waals surface area contributed by atoms with Gasteiger partial charge in [0.2, 0.25) is 17.7 Å². The number of rotatable bonds is 29. The van der Waals surface area contributed by atoms with Crippen LogP contribution in [0.15, 0.2) is 86.0 Å². The van der Waals surface area contributed by atoms with Crippen molar-refractivity contribution in [3.05, 3.63) is 124 Å². The molecule has 117 heavy (non-hydrogen) atoms. The van der Waals surface area contributed by atoms with Gasteiger partial charge in [-0.1, -0.05) is 101 Å². The van der Waals surface area contributed by atoms with Crippen molar-refractivity contribution < 1.29 is 126 Å². The van der Waals surface area contributed by atoms with Crippen LogP contribution in [0.1, 0.15) is 259 Å². The molecule has 4 aliphatic carbocycles. The number of halogens is 1. The molecule has 4 aliphatic rings. The molecular formula is C92H139IN3NaO20. The number of alkyl halides is 1. The number of ether oxygens (including phenoxy) is 11. The molecule has 0 bridgehead atoms. The van der Waals surface area contributed by atoms with E-state index in [0.717, 1.165) is 164 Å². The first kappa shape index (κ1) is 102. The van der Waals surface area contributed by atoms with E-state index in [1.165, 1.54) is 16.7 Å². The number of aliphatic hydroxyl groups excluding tert-OH is 1. The maximum atomic E-state index is 12.4. The van der Waals surface area contributed by atoms with Gasteiger partial charge in [-0.25, -0.2) is 34.1 Å². The molecule has 3 heterocycles. The Bertz CT molecular complexity index is 3930. The van der Waals surface area contributed by atoms with Crippen LogP contribution in [0.4, 0.5) is 0 Å². The zero-order chi connectivity index (χ0) is 85.8. The number of benzene rings is 3. The van der Waals surface area contributed by atoms with Crippen molar-refractivity contribution in [1.29, 1.82) is 0 Å². The van der Waals surface area contributed by atoms with Gasteiger partial charge in [0.05, 0.1) is 69.8 Å². The molecule has 4 fully saturated rings. The molecule has 8 unspecified atom stereocenters. The van der Waals surface area contributed by atoms with Crippen LogP contribution in [0.5, 0.6) is 0 Å².